The van der Waals surface area contributed by atoms with E-state index < -0.39 is 5.41 Å². The van der Waals surface area contributed by atoms with Crippen LogP contribution in [0.5, 0.6) is 0 Å². The van der Waals surface area contributed by atoms with E-state index >= 15 is 0 Å². The summed E-state index contributed by atoms with van der Waals surface area (Å²) in [7, 11) is 0. The highest BCUT2D eigenvalue weighted by Crippen LogP contribution is 2.35. The summed E-state index contributed by atoms with van der Waals surface area (Å²) in [5, 5.41) is 0. The van der Waals surface area contributed by atoms with Crippen molar-refractivity contribution in [3.8, 4) is 0 Å². The Kier molecular flexibility index (Phi) is 19.3. The Morgan fingerprint density at radius 1 is 0.767 bits per heavy atom. The highest BCUT2D eigenvalue weighted by atomic mass is 16.6. The molecule has 0 radical (unpaired) electrons. The van der Waals surface area contributed by atoms with E-state index in [9.17, 15) is 19.2 Å². The Morgan fingerprint density at radius 2 is 1.35 bits per heavy atom. The largest absolute Gasteiger partial charge is 0.465 e. The van der Waals surface area contributed by atoms with Crippen molar-refractivity contribution in [1.29, 1.82) is 0 Å². The first-order chi connectivity index (χ1) is 20.5. The summed E-state index contributed by atoms with van der Waals surface area (Å²) < 4.78 is 11.5. The molecule has 0 aromatic heterocycles. The van der Waals surface area contributed by atoms with Crippen molar-refractivity contribution in [2.45, 2.75) is 124 Å². The SMILES string of the molecule is C=CC(=O)CCC(CC)(CCC(=O)/C=C\CCCC)COC(=O)CCN1CCN(CCC(=O)OC(C)(CC)CCC)CC1. The Labute approximate surface area is 261 Å². The Hall–Kier alpha value is -2.32. The van der Waals surface area contributed by atoms with E-state index in [1.165, 1.54) is 6.08 Å². The van der Waals surface area contributed by atoms with Gasteiger partial charge in [-0.2, -0.15) is 0 Å². The lowest BCUT2D eigenvalue weighted by atomic mass is 9.76. The molecule has 1 aliphatic rings. The first-order valence-corrected chi connectivity index (χ1v) is 16.7. The van der Waals surface area contributed by atoms with Gasteiger partial charge in [0.05, 0.1) is 19.4 Å². The Bertz CT molecular complexity index is 895. The fourth-order valence-corrected chi connectivity index (χ4v) is 5.42. The van der Waals surface area contributed by atoms with Crippen molar-refractivity contribution in [3.63, 3.8) is 0 Å². The summed E-state index contributed by atoms with van der Waals surface area (Å²) >= 11 is 0. The standard InChI is InChI=1S/C35H60N2O6/c1-7-12-13-14-15-31(39)17-22-35(11-5,21-16-30(38)9-3)29-42-32(40)18-23-36-25-27-37(28-26-36)24-19-33(41)43-34(6,10-4)20-8-2/h9,14-15H,3,7-8,10-13,16-29H2,1-2,4-6H3/b15-14-. The van der Waals surface area contributed by atoms with Gasteiger partial charge >= 0.3 is 11.9 Å². The van der Waals surface area contributed by atoms with E-state index in [0.29, 0.717) is 58.0 Å². The summed E-state index contributed by atoms with van der Waals surface area (Å²) in [6.45, 7) is 18.8. The van der Waals surface area contributed by atoms with Crippen LogP contribution in [0, 0.1) is 5.41 Å². The van der Waals surface area contributed by atoms with E-state index in [4.69, 9.17) is 9.47 Å². The van der Waals surface area contributed by atoms with Gasteiger partial charge in [-0.25, -0.2) is 0 Å². The van der Waals surface area contributed by atoms with E-state index in [2.05, 4.69) is 37.1 Å². The van der Waals surface area contributed by atoms with Crippen LogP contribution in [0.15, 0.2) is 24.8 Å². The van der Waals surface area contributed by atoms with Crippen LogP contribution in [0.3, 0.4) is 0 Å². The third-order valence-corrected chi connectivity index (χ3v) is 8.96. The van der Waals surface area contributed by atoms with Gasteiger partial charge in [0.25, 0.3) is 0 Å². The smallest absolute Gasteiger partial charge is 0.307 e. The van der Waals surface area contributed by atoms with Crippen molar-refractivity contribution in [1.82, 2.24) is 9.80 Å². The van der Waals surface area contributed by atoms with Crippen molar-refractivity contribution in [3.05, 3.63) is 24.8 Å². The minimum Gasteiger partial charge on any atom is -0.465 e. The fourth-order valence-electron chi connectivity index (χ4n) is 5.42. The van der Waals surface area contributed by atoms with Crippen LogP contribution in [0.2, 0.25) is 0 Å². The summed E-state index contributed by atoms with van der Waals surface area (Å²) in [5.74, 6) is -0.355. The second-order valence-electron chi connectivity index (χ2n) is 12.4. The van der Waals surface area contributed by atoms with E-state index in [1.807, 2.05) is 19.9 Å². The van der Waals surface area contributed by atoms with Crippen molar-refractivity contribution in [2.75, 3.05) is 45.9 Å². The molecule has 0 aromatic carbocycles. The predicted octanol–water partition coefficient (Wildman–Crippen LogP) is 6.47. The van der Waals surface area contributed by atoms with E-state index in [1.54, 1.807) is 6.08 Å². The second kappa shape index (κ2) is 21.4. The molecule has 8 heteroatoms. The van der Waals surface area contributed by atoms with Gasteiger partial charge in [-0.15, -0.1) is 0 Å². The maximum absolute atomic E-state index is 12.7. The van der Waals surface area contributed by atoms with Crippen molar-refractivity contribution < 1.29 is 28.7 Å². The maximum atomic E-state index is 12.7. The number of piperazine rings is 1. The molecule has 1 saturated heterocycles. The fraction of sp³-hybridized carbons (Fsp3) is 0.771. The Morgan fingerprint density at radius 3 is 1.86 bits per heavy atom. The molecule has 0 N–H and O–H groups in total. The van der Waals surface area contributed by atoms with Crippen LogP contribution in [-0.2, 0) is 28.7 Å². The van der Waals surface area contributed by atoms with Crippen molar-refractivity contribution in [2.24, 2.45) is 5.41 Å². The third kappa shape index (κ3) is 16.4. The number of carbonyl (C=O) groups is 4. The molecular weight excluding hydrogens is 544 g/mol. The number of carbonyl (C=O) groups excluding carboxylic acids is 4. The topological polar surface area (TPSA) is 93.2 Å². The number of esters is 2. The molecule has 0 spiro atoms. The second-order valence-corrected chi connectivity index (χ2v) is 12.4. The summed E-state index contributed by atoms with van der Waals surface area (Å²) in [6.07, 6.45) is 13.9. The molecule has 0 aromatic rings. The van der Waals surface area contributed by atoms with Gasteiger partial charge in [-0.1, -0.05) is 59.6 Å². The van der Waals surface area contributed by atoms with Crippen LogP contribution in [0.1, 0.15) is 118 Å². The number of unbranched alkanes of at least 4 members (excludes halogenated alkanes) is 2. The monoisotopic (exact) mass is 604 g/mol. The predicted molar refractivity (Wildman–Crippen MR) is 173 cm³/mol. The molecule has 1 fully saturated rings. The van der Waals surface area contributed by atoms with Gasteiger partial charge in [-0.05, 0) is 57.6 Å². The summed E-state index contributed by atoms with van der Waals surface area (Å²) in [4.78, 5) is 54.1. The molecule has 0 bridgehead atoms. The number of hydrogen-bond acceptors (Lipinski definition) is 8. The number of nitrogens with zero attached hydrogens (tertiary/aromatic N) is 2. The van der Waals surface area contributed by atoms with Crippen molar-refractivity contribution >= 4 is 23.5 Å². The molecule has 1 rings (SSSR count). The number of hydrogen-bond donors (Lipinski definition) is 0. The zero-order valence-electron chi connectivity index (χ0n) is 27.9. The maximum Gasteiger partial charge on any atom is 0.307 e. The van der Waals surface area contributed by atoms with Crippen LogP contribution < -0.4 is 0 Å². The van der Waals surface area contributed by atoms with E-state index in [-0.39, 0.29) is 35.7 Å². The summed E-state index contributed by atoms with van der Waals surface area (Å²) in [5.41, 5.74) is -0.791. The third-order valence-electron chi connectivity index (χ3n) is 8.96. The molecule has 2 atom stereocenters. The van der Waals surface area contributed by atoms with Gasteiger partial charge in [0.2, 0.25) is 0 Å². The molecule has 0 saturated carbocycles. The molecule has 8 nitrogen and oxygen atoms in total. The molecule has 2 unspecified atom stereocenters. The molecule has 0 amide bonds. The summed E-state index contributed by atoms with van der Waals surface area (Å²) in [6, 6.07) is 0. The minimum atomic E-state index is -0.418. The highest BCUT2D eigenvalue weighted by molar-refractivity contribution is 5.90. The highest BCUT2D eigenvalue weighted by Gasteiger charge is 2.31. The van der Waals surface area contributed by atoms with Crippen LogP contribution in [-0.4, -0.2) is 84.8 Å². The van der Waals surface area contributed by atoms with Crippen LogP contribution in [0.4, 0.5) is 0 Å². The first kappa shape index (κ1) is 38.7. The average Bonchev–Trinajstić information content (AvgIpc) is 3.01. The zero-order chi connectivity index (χ0) is 32.1. The zero-order valence-corrected chi connectivity index (χ0v) is 27.9. The quantitative estimate of drug-likeness (QED) is 0.0704. The number of ether oxygens (including phenoxy) is 2. The average molecular weight is 605 g/mol. The van der Waals surface area contributed by atoms with Gasteiger partial charge in [0, 0.05) is 57.5 Å². The van der Waals surface area contributed by atoms with Crippen LogP contribution >= 0.6 is 0 Å². The van der Waals surface area contributed by atoms with Gasteiger partial charge in [-0.3, -0.25) is 19.2 Å². The molecule has 246 valence electrons. The molecule has 1 aliphatic heterocycles. The van der Waals surface area contributed by atoms with E-state index in [0.717, 1.165) is 64.7 Å². The lowest BCUT2D eigenvalue weighted by Crippen LogP contribution is -2.47. The Balaban J connectivity index is 2.50. The number of allylic oxidation sites excluding steroid dienone is 3. The molecular formula is C35H60N2O6. The normalized spacial score (nSPS) is 17.2. The lowest BCUT2D eigenvalue weighted by molar-refractivity contribution is -0.159. The minimum absolute atomic E-state index is 0.0399. The molecule has 0 aliphatic carbocycles. The van der Waals surface area contributed by atoms with Gasteiger partial charge < -0.3 is 19.3 Å². The number of ketones is 2. The lowest BCUT2D eigenvalue weighted by Gasteiger charge is -2.35. The first-order valence-electron chi connectivity index (χ1n) is 16.7. The molecule has 43 heavy (non-hydrogen) atoms. The van der Waals surface area contributed by atoms with Crippen LogP contribution in [0.25, 0.3) is 0 Å². The molecule has 1 heterocycles. The van der Waals surface area contributed by atoms with Gasteiger partial charge in [0.15, 0.2) is 11.6 Å². The number of rotatable bonds is 24. The van der Waals surface area contributed by atoms with Gasteiger partial charge in [0.1, 0.15) is 5.60 Å².